The third-order valence-electron chi connectivity index (χ3n) is 3.67. The summed E-state index contributed by atoms with van der Waals surface area (Å²) in [7, 11) is 1.67. The minimum absolute atomic E-state index is 0.582. The summed E-state index contributed by atoms with van der Waals surface area (Å²) in [5.74, 6) is 2.41. The molecule has 0 aliphatic carbocycles. The molecule has 0 saturated heterocycles. The normalized spacial score (nSPS) is 13.6. The Hall–Kier alpha value is -2.69. The number of methoxy groups -OCH3 is 1. The Kier molecular flexibility index (Phi) is 4.66. The molecule has 0 spiro atoms. The molecule has 1 heterocycles. The number of fused-ring (bicyclic) bond motifs is 1. The van der Waals surface area contributed by atoms with Crippen LogP contribution in [0, 0.1) is 0 Å². The van der Waals surface area contributed by atoms with Crippen LogP contribution in [-0.4, -0.2) is 26.0 Å². The standard InChI is InChI=1S/C18H20N2O3/c1-13(14-7-8-17-18(11-14)23-10-9-22-17)20-19-12-15-5-3-4-6-16(15)21-2/h3-8,11,19H,9-10,12H2,1-2H3/b20-13-. The van der Waals surface area contributed by atoms with Crippen LogP contribution in [0.1, 0.15) is 18.1 Å². The number of rotatable bonds is 5. The monoisotopic (exact) mass is 312 g/mol. The molecular weight excluding hydrogens is 292 g/mol. The van der Waals surface area contributed by atoms with Crippen molar-refractivity contribution in [3.05, 3.63) is 53.6 Å². The van der Waals surface area contributed by atoms with Gasteiger partial charge in [0, 0.05) is 11.1 Å². The molecule has 0 bridgehead atoms. The Morgan fingerprint density at radius 3 is 2.74 bits per heavy atom. The van der Waals surface area contributed by atoms with Gasteiger partial charge in [-0.1, -0.05) is 18.2 Å². The lowest BCUT2D eigenvalue weighted by Crippen LogP contribution is -2.16. The van der Waals surface area contributed by atoms with E-state index in [1.807, 2.05) is 49.4 Å². The SMILES string of the molecule is COc1ccccc1CN/N=C(/C)c1ccc2c(c1)OCCO2. The second kappa shape index (κ2) is 7.05. The number of hydrogen-bond acceptors (Lipinski definition) is 5. The van der Waals surface area contributed by atoms with Crippen LogP contribution in [0.15, 0.2) is 47.6 Å². The summed E-state index contributed by atoms with van der Waals surface area (Å²) in [6.07, 6.45) is 0. The molecule has 2 aromatic rings. The predicted octanol–water partition coefficient (Wildman–Crippen LogP) is 2.98. The lowest BCUT2D eigenvalue weighted by atomic mass is 10.1. The maximum absolute atomic E-state index is 5.60. The summed E-state index contributed by atoms with van der Waals surface area (Å²) < 4.78 is 16.5. The maximum Gasteiger partial charge on any atom is 0.162 e. The van der Waals surface area contributed by atoms with Gasteiger partial charge in [0.25, 0.3) is 0 Å². The van der Waals surface area contributed by atoms with Crippen molar-refractivity contribution in [3.63, 3.8) is 0 Å². The largest absolute Gasteiger partial charge is 0.496 e. The number of ether oxygens (including phenoxy) is 3. The van der Waals surface area contributed by atoms with Gasteiger partial charge in [-0.3, -0.25) is 0 Å². The van der Waals surface area contributed by atoms with Crippen LogP contribution in [0.25, 0.3) is 0 Å². The Bertz CT molecular complexity index is 713. The van der Waals surface area contributed by atoms with Gasteiger partial charge in [0.2, 0.25) is 0 Å². The summed E-state index contributed by atoms with van der Waals surface area (Å²) in [6, 6.07) is 13.7. The first-order valence-electron chi connectivity index (χ1n) is 7.57. The van der Waals surface area contributed by atoms with Crippen LogP contribution < -0.4 is 19.6 Å². The number of nitrogens with zero attached hydrogens (tertiary/aromatic N) is 1. The van der Waals surface area contributed by atoms with Gasteiger partial charge in [-0.25, -0.2) is 0 Å². The van der Waals surface area contributed by atoms with Crippen molar-refractivity contribution in [1.82, 2.24) is 5.43 Å². The maximum atomic E-state index is 5.60. The van der Waals surface area contributed by atoms with E-state index in [-0.39, 0.29) is 0 Å². The molecule has 3 rings (SSSR count). The topological polar surface area (TPSA) is 52.1 Å². The average Bonchev–Trinajstić information content (AvgIpc) is 2.61. The summed E-state index contributed by atoms with van der Waals surface area (Å²) in [4.78, 5) is 0. The van der Waals surface area contributed by atoms with Gasteiger partial charge in [-0.05, 0) is 31.2 Å². The van der Waals surface area contributed by atoms with Gasteiger partial charge >= 0.3 is 0 Å². The molecule has 1 N–H and O–H groups in total. The molecule has 0 radical (unpaired) electrons. The quantitative estimate of drug-likeness (QED) is 0.681. The molecule has 1 aliphatic heterocycles. The van der Waals surface area contributed by atoms with Gasteiger partial charge in [-0.15, -0.1) is 0 Å². The molecule has 0 atom stereocenters. The second-order valence-corrected chi connectivity index (χ2v) is 5.20. The first-order valence-corrected chi connectivity index (χ1v) is 7.57. The molecule has 0 fully saturated rings. The Labute approximate surface area is 135 Å². The molecule has 5 heteroatoms. The second-order valence-electron chi connectivity index (χ2n) is 5.20. The summed E-state index contributed by atoms with van der Waals surface area (Å²) in [5, 5.41) is 4.43. The molecule has 0 saturated carbocycles. The zero-order chi connectivity index (χ0) is 16.1. The number of hydrogen-bond donors (Lipinski definition) is 1. The van der Waals surface area contributed by atoms with Crippen molar-refractivity contribution in [3.8, 4) is 17.2 Å². The highest BCUT2D eigenvalue weighted by atomic mass is 16.6. The lowest BCUT2D eigenvalue weighted by molar-refractivity contribution is 0.171. The number of nitrogens with one attached hydrogen (secondary N) is 1. The highest BCUT2D eigenvalue weighted by molar-refractivity contribution is 5.99. The highest BCUT2D eigenvalue weighted by Gasteiger charge is 2.12. The van der Waals surface area contributed by atoms with E-state index in [1.165, 1.54) is 0 Å². The Morgan fingerprint density at radius 2 is 1.91 bits per heavy atom. The van der Waals surface area contributed by atoms with Crippen LogP contribution in [0.3, 0.4) is 0 Å². The number of hydrazone groups is 1. The average molecular weight is 312 g/mol. The van der Waals surface area contributed by atoms with E-state index in [9.17, 15) is 0 Å². The van der Waals surface area contributed by atoms with E-state index in [0.717, 1.165) is 34.1 Å². The minimum atomic E-state index is 0.582. The van der Waals surface area contributed by atoms with Crippen molar-refractivity contribution in [1.29, 1.82) is 0 Å². The van der Waals surface area contributed by atoms with Crippen molar-refractivity contribution < 1.29 is 14.2 Å². The molecule has 23 heavy (non-hydrogen) atoms. The number of para-hydroxylation sites is 1. The van der Waals surface area contributed by atoms with Gasteiger partial charge in [0.1, 0.15) is 19.0 Å². The van der Waals surface area contributed by atoms with E-state index in [2.05, 4.69) is 10.5 Å². The summed E-state index contributed by atoms with van der Waals surface area (Å²) >= 11 is 0. The van der Waals surface area contributed by atoms with Crippen molar-refractivity contribution in [2.75, 3.05) is 20.3 Å². The summed E-state index contributed by atoms with van der Waals surface area (Å²) in [6.45, 7) is 3.74. The van der Waals surface area contributed by atoms with E-state index >= 15 is 0 Å². The van der Waals surface area contributed by atoms with E-state index in [1.54, 1.807) is 7.11 Å². The molecule has 1 aliphatic rings. The van der Waals surface area contributed by atoms with Crippen LogP contribution in [0.5, 0.6) is 17.2 Å². The zero-order valence-corrected chi connectivity index (χ0v) is 13.3. The van der Waals surface area contributed by atoms with E-state index < -0.39 is 0 Å². The van der Waals surface area contributed by atoms with Gasteiger partial charge < -0.3 is 19.6 Å². The van der Waals surface area contributed by atoms with Crippen molar-refractivity contribution >= 4 is 5.71 Å². The molecule has 120 valence electrons. The van der Waals surface area contributed by atoms with Gasteiger partial charge in [0.05, 0.1) is 19.4 Å². The molecule has 0 amide bonds. The minimum Gasteiger partial charge on any atom is -0.496 e. The smallest absolute Gasteiger partial charge is 0.162 e. The molecular formula is C18H20N2O3. The first-order chi connectivity index (χ1) is 11.3. The third-order valence-corrected chi connectivity index (χ3v) is 3.67. The van der Waals surface area contributed by atoms with Crippen LogP contribution >= 0.6 is 0 Å². The Morgan fingerprint density at radius 1 is 1.13 bits per heavy atom. The molecule has 0 aromatic heterocycles. The fourth-order valence-corrected chi connectivity index (χ4v) is 2.43. The molecule has 2 aromatic carbocycles. The third kappa shape index (κ3) is 3.56. The van der Waals surface area contributed by atoms with Crippen LogP contribution in [0.4, 0.5) is 0 Å². The predicted molar refractivity (Wildman–Crippen MR) is 89.5 cm³/mol. The van der Waals surface area contributed by atoms with Gasteiger partial charge in [-0.2, -0.15) is 5.10 Å². The fourth-order valence-electron chi connectivity index (χ4n) is 2.43. The van der Waals surface area contributed by atoms with Gasteiger partial charge in [0.15, 0.2) is 11.5 Å². The zero-order valence-electron chi connectivity index (χ0n) is 13.3. The van der Waals surface area contributed by atoms with Crippen LogP contribution in [0.2, 0.25) is 0 Å². The van der Waals surface area contributed by atoms with Crippen molar-refractivity contribution in [2.24, 2.45) is 5.10 Å². The van der Waals surface area contributed by atoms with E-state index in [0.29, 0.717) is 19.8 Å². The van der Waals surface area contributed by atoms with E-state index in [4.69, 9.17) is 14.2 Å². The number of benzene rings is 2. The van der Waals surface area contributed by atoms with Crippen molar-refractivity contribution in [2.45, 2.75) is 13.5 Å². The lowest BCUT2D eigenvalue weighted by Gasteiger charge is -2.18. The molecule has 5 nitrogen and oxygen atoms in total. The first kappa shape index (κ1) is 15.2. The highest BCUT2D eigenvalue weighted by Crippen LogP contribution is 2.30. The summed E-state index contributed by atoms with van der Waals surface area (Å²) in [5.41, 5.74) is 6.04. The Balaban J connectivity index is 1.68. The van der Waals surface area contributed by atoms with Crippen LogP contribution in [-0.2, 0) is 6.54 Å². The fraction of sp³-hybridized carbons (Fsp3) is 0.278. The molecule has 0 unspecified atom stereocenters.